The number of benzene rings is 1. The number of allylic oxidation sites excluding steroid dienone is 4. The molecule has 0 unspecified atom stereocenters. The number of fused-ring (bicyclic) bond motifs is 2. The number of imidazole rings is 1. The third-order valence-corrected chi connectivity index (χ3v) is 5.36. The van der Waals surface area contributed by atoms with Crippen LogP contribution >= 0.6 is 15.9 Å². The van der Waals surface area contributed by atoms with Crippen LogP contribution in [0.5, 0.6) is 0 Å². The van der Waals surface area contributed by atoms with Gasteiger partial charge in [-0.05, 0) is 39.7 Å². The molecule has 8 heteroatoms. The normalized spacial score (nSPS) is 13.2. The molecule has 3 aromatic heterocycles. The summed E-state index contributed by atoms with van der Waals surface area (Å²) in [6, 6.07) is 5.70. The number of rotatable bonds is 3. The fourth-order valence-electron chi connectivity index (χ4n) is 3.34. The van der Waals surface area contributed by atoms with Crippen molar-refractivity contribution in [3.63, 3.8) is 0 Å². The minimum atomic E-state index is -1.07. The van der Waals surface area contributed by atoms with E-state index >= 15 is 0 Å². The standard InChI is InChI=1S/C20H11BrF2N4O/c21-13-6-7-24-20-18(13)26-19(10-2-1-3-10)27(20)9-11-8-15(28)25-17-12(11)4-5-14(22)16(17)23/h1-8H,9H2,(H,25,28). The summed E-state index contributed by atoms with van der Waals surface area (Å²) in [6.45, 7) is 0.228. The van der Waals surface area contributed by atoms with Gasteiger partial charge in [-0.1, -0.05) is 18.2 Å². The number of halogens is 3. The number of nitrogens with one attached hydrogen (secondary N) is 1. The van der Waals surface area contributed by atoms with Gasteiger partial charge in [0.25, 0.3) is 0 Å². The summed E-state index contributed by atoms with van der Waals surface area (Å²) in [5, 5.41) is 0.430. The summed E-state index contributed by atoms with van der Waals surface area (Å²) < 4.78 is 30.5. The van der Waals surface area contributed by atoms with Gasteiger partial charge in [0.15, 0.2) is 17.3 Å². The van der Waals surface area contributed by atoms with E-state index in [1.807, 2.05) is 22.8 Å². The molecule has 0 amide bonds. The second-order valence-electron chi connectivity index (χ2n) is 6.41. The van der Waals surface area contributed by atoms with Crippen molar-refractivity contribution in [3.8, 4) is 0 Å². The van der Waals surface area contributed by atoms with Crippen LogP contribution in [0.15, 0.2) is 58.0 Å². The Morgan fingerprint density at radius 2 is 2.04 bits per heavy atom. The van der Waals surface area contributed by atoms with Gasteiger partial charge < -0.3 is 9.55 Å². The Labute approximate surface area is 165 Å². The Morgan fingerprint density at radius 1 is 1.21 bits per heavy atom. The minimum absolute atomic E-state index is 0.148. The molecule has 5 rings (SSSR count). The number of hydrogen-bond donors (Lipinski definition) is 1. The average Bonchev–Trinajstić information content (AvgIpc) is 2.97. The summed E-state index contributed by atoms with van der Waals surface area (Å²) in [6.07, 6.45) is 7.42. The highest BCUT2D eigenvalue weighted by Crippen LogP contribution is 2.30. The van der Waals surface area contributed by atoms with Gasteiger partial charge >= 0.3 is 0 Å². The van der Waals surface area contributed by atoms with Crippen LogP contribution in [-0.2, 0) is 6.54 Å². The molecule has 138 valence electrons. The average molecular weight is 441 g/mol. The van der Waals surface area contributed by atoms with Crippen molar-refractivity contribution in [2.75, 3.05) is 0 Å². The van der Waals surface area contributed by atoms with Crippen molar-refractivity contribution >= 4 is 43.6 Å². The first-order chi connectivity index (χ1) is 13.5. The molecule has 5 nitrogen and oxygen atoms in total. The highest BCUT2D eigenvalue weighted by Gasteiger charge is 2.19. The van der Waals surface area contributed by atoms with E-state index in [1.54, 1.807) is 12.3 Å². The zero-order valence-corrected chi connectivity index (χ0v) is 15.8. The molecule has 4 aromatic rings. The first-order valence-electron chi connectivity index (χ1n) is 8.42. The van der Waals surface area contributed by atoms with Gasteiger partial charge in [-0.15, -0.1) is 0 Å². The molecule has 1 N–H and O–H groups in total. The largest absolute Gasteiger partial charge is 0.319 e. The lowest BCUT2D eigenvalue weighted by Gasteiger charge is -2.13. The highest BCUT2D eigenvalue weighted by atomic mass is 79.9. The maximum Gasteiger partial charge on any atom is 0.248 e. The number of pyridine rings is 2. The Balaban J connectivity index is 1.76. The van der Waals surface area contributed by atoms with Gasteiger partial charge in [-0.25, -0.2) is 18.7 Å². The molecule has 0 saturated heterocycles. The summed E-state index contributed by atoms with van der Waals surface area (Å²) in [4.78, 5) is 23.6. The molecular weight excluding hydrogens is 430 g/mol. The van der Waals surface area contributed by atoms with Crippen LogP contribution in [0, 0.1) is 11.6 Å². The molecular formula is C20H11BrF2N4O. The van der Waals surface area contributed by atoms with E-state index in [-0.39, 0.29) is 12.1 Å². The Kier molecular flexibility index (Phi) is 3.77. The number of H-pyrrole nitrogens is 1. The van der Waals surface area contributed by atoms with Gasteiger partial charge in [0.2, 0.25) is 5.56 Å². The van der Waals surface area contributed by atoms with Crippen LogP contribution in [0.4, 0.5) is 8.78 Å². The van der Waals surface area contributed by atoms with Crippen LogP contribution in [0.1, 0.15) is 11.4 Å². The van der Waals surface area contributed by atoms with E-state index in [2.05, 4.69) is 30.9 Å². The quantitative estimate of drug-likeness (QED) is 0.516. The zero-order chi connectivity index (χ0) is 19.4. The fourth-order valence-corrected chi connectivity index (χ4v) is 3.72. The first kappa shape index (κ1) is 17.0. The number of hydrogen-bond acceptors (Lipinski definition) is 3. The summed E-state index contributed by atoms with van der Waals surface area (Å²) >= 11 is 3.49. The first-order valence-corrected chi connectivity index (χ1v) is 9.21. The summed E-state index contributed by atoms with van der Waals surface area (Å²) in [7, 11) is 0. The number of nitrogens with zero attached hydrogens (tertiary/aromatic N) is 3. The van der Waals surface area contributed by atoms with Crippen LogP contribution in [-0.4, -0.2) is 19.5 Å². The zero-order valence-electron chi connectivity index (χ0n) is 14.2. The molecule has 28 heavy (non-hydrogen) atoms. The molecule has 0 saturated carbocycles. The lowest BCUT2D eigenvalue weighted by atomic mass is 10.1. The molecule has 0 fully saturated rings. The Morgan fingerprint density at radius 3 is 2.79 bits per heavy atom. The van der Waals surface area contributed by atoms with E-state index in [0.717, 1.165) is 16.1 Å². The van der Waals surface area contributed by atoms with Gasteiger partial charge in [-0.2, -0.15) is 0 Å². The monoisotopic (exact) mass is 440 g/mol. The summed E-state index contributed by atoms with van der Waals surface area (Å²) in [5.41, 5.74) is 2.13. The minimum Gasteiger partial charge on any atom is -0.319 e. The van der Waals surface area contributed by atoms with Crippen molar-refractivity contribution in [2.45, 2.75) is 6.54 Å². The van der Waals surface area contributed by atoms with Crippen LogP contribution in [0.2, 0.25) is 0 Å². The van der Waals surface area contributed by atoms with E-state index in [1.165, 1.54) is 12.1 Å². The molecule has 0 spiro atoms. The van der Waals surface area contributed by atoms with Gasteiger partial charge in [0.05, 0.1) is 12.1 Å². The molecule has 0 aliphatic heterocycles. The molecule has 0 radical (unpaired) electrons. The molecule has 1 aliphatic rings. The van der Waals surface area contributed by atoms with Crippen LogP contribution in [0.3, 0.4) is 0 Å². The lowest BCUT2D eigenvalue weighted by molar-refractivity contribution is 0.515. The smallest absolute Gasteiger partial charge is 0.248 e. The molecule has 1 aliphatic carbocycles. The maximum absolute atomic E-state index is 14.2. The van der Waals surface area contributed by atoms with Crippen molar-refractivity contribution in [1.82, 2.24) is 19.5 Å². The fraction of sp³-hybridized carbons (Fsp3) is 0.0500. The maximum atomic E-state index is 14.2. The van der Waals surface area contributed by atoms with E-state index in [9.17, 15) is 13.6 Å². The van der Waals surface area contributed by atoms with Crippen molar-refractivity contribution in [2.24, 2.45) is 0 Å². The van der Waals surface area contributed by atoms with Gasteiger partial charge in [0, 0.05) is 27.7 Å². The predicted octanol–water partition coefficient (Wildman–Crippen LogP) is 4.32. The SMILES string of the molecule is O=c1cc(Cn2c(C3=CC=C3)nc3c(Br)ccnc32)c2ccc(F)c(F)c2[nH]1. The molecule has 3 heterocycles. The van der Waals surface area contributed by atoms with E-state index < -0.39 is 17.2 Å². The summed E-state index contributed by atoms with van der Waals surface area (Å²) in [5.74, 6) is -1.39. The molecule has 0 atom stereocenters. The number of aromatic amines is 1. The van der Waals surface area contributed by atoms with Crippen molar-refractivity contribution in [3.05, 3.63) is 86.5 Å². The van der Waals surface area contributed by atoms with Gasteiger partial charge in [0.1, 0.15) is 11.3 Å². The van der Waals surface area contributed by atoms with Crippen molar-refractivity contribution in [1.29, 1.82) is 0 Å². The van der Waals surface area contributed by atoms with Crippen LogP contribution < -0.4 is 5.56 Å². The van der Waals surface area contributed by atoms with Crippen LogP contribution in [0.25, 0.3) is 27.6 Å². The second kappa shape index (κ2) is 6.20. The van der Waals surface area contributed by atoms with E-state index in [0.29, 0.717) is 27.9 Å². The Hall–Kier alpha value is -3.13. The van der Waals surface area contributed by atoms with E-state index in [4.69, 9.17) is 0 Å². The van der Waals surface area contributed by atoms with Crippen molar-refractivity contribution < 1.29 is 8.78 Å². The topological polar surface area (TPSA) is 63.6 Å². The third kappa shape index (κ3) is 2.52. The second-order valence-corrected chi connectivity index (χ2v) is 7.26. The van der Waals surface area contributed by atoms with Gasteiger partial charge in [-0.3, -0.25) is 4.79 Å². The molecule has 1 aromatic carbocycles. The Bertz CT molecular complexity index is 1400. The highest BCUT2D eigenvalue weighted by molar-refractivity contribution is 9.10. The predicted molar refractivity (Wildman–Crippen MR) is 106 cm³/mol. The molecule has 0 bridgehead atoms. The lowest BCUT2D eigenvalue weighted by Crippen LogP contribution is -2.12. The number of aromatic nitrogens is 4. The third-order valence-electron chi connectivity index (χ3n) is 4.72.